The molecule has 0 spiro atoms. The first kappa shape index (κ1) is 14.1. The van der Waals surface area contributed by atoms with E-state index in [-0.39, 0.29) is 5.91 Å². The van der Waals surface area contributed by atoms with E-state index in [1.807, 2.05) is 57.2 Å². The Balaban J connectivity index is 2.21. The van der Waals surface area contributed by atoms with Gasteiger partial charge in [0.15, 0.2) is 0 Å². The van der Waals surface area contributed by atoms with E-state index in [9.17, 15) is 4.79 Å². The molecule has 0 fully saturated rings. The normalized spacial score (nSPS) is 10.2. The van der Waals surface area contributed by atoms with Crippen molar-refractivity contribution in [3.8, 4) is 5.75 Å². The van der Waals surface area contributed by atoms with Crippen molar-refractivity contribution in [3.63, 3.8) is 0 Å². The molecule has 2 aromatic carbocycles. The summed E-state index contributed by atoms with van der Waals surface area (Å²) in [5, 5.41) is 2.90. The number of ether oxygens (including phenoxy) is 1. The number of amides is 1. The Morgan fingerprint density at radius 3 is 2.15 bits per heavy atom. The maximum absolute atomic E-state index is 12.3. The van der Waals surface area contributed by atoms with Crippen molar-refractivity contribution >= 4 is 11.6 Å². The van der Waals surface area contributed by atoms with Gasteiger partial charge in [-0.3, -0.25) is 4.79 Å². The van der Waals surface area contributed by atoms with Crippen molar-refractivity contribution in [3.05, 3.63) is 58.7 Å². The van der Waals surface area contributed by atoms with Crippen LogP contribution in [0.25, 0.3) is 0 Å². The number of anilines is 1. The third-order valence-corrected chi connectivity index (χ3v) is 3.43. The largest absolute Gasteiger partial charge is 0.497 e. The molecule has 0 radical (unpaired) electrons. The summed E-state index contributed by atoms with van der Waals surface area (Å²) in [5.74, 6) is 0.682. The van der Waals surface area contributed by atoms with Gasteiger partial charge in [0.25, 0.3) is 5.91 Å². The highest BCUT2D eigenvalue weighted by Crippen LogP contribution is 2.19. The van der Waals surface area contributed by atoms with E-state index in [4.69, 9.17) is 4.74 Å². The van der Waals surface area contributed by atoms with Gasteiger partial charge in [0.1, 0.15) is 5.75 Å². The highest BCUT2D eigenvalue weighted by atomic mass is 16.5. The highest BCUT2D eigenvalue weighted by Gasteiger charge is 2.11. The van der Waals surface area contributed by atoms with Crippen LogP contribution < -0.4 is 10.1 Å². The number of benzene rings is 2. The maximum Gasteiger partial charge on any atom is 0.255 e. The monoisotopic (exact) mass is 269 g/mol. The number of hydrogen-bond donors (Lipinski definition) is 1. The highest BCUT2D eigenvalue weighted by molar-refractivity contribution is 6.05. The molecule has 1 N–H and O–H groups in total. The average molecular weight is 269 g/mol. The van der Waals surface area contributed by atoms with Crippen LogP contribution >= 0.6 is 0 Å². The molecule has 1 amide bonds. The lowest BCUT2D eigenvalue weighted by molar-refractivity contribution is 0.102. The zero-order chi connectivity index (χ0) is 14.7. The lowest BCUT2D eigenvalue weighted by atomic mass is 10.0. The molecular weight excluding hydrogens is 250 g/mol. The molecule has 2 rings (SSSR count). The maximum atomic E-state index is 12.3. The molecule has 0 unspecified atom stereocenters. The van der Waals surface area contributed by atoms with E-state index in [1.165, 1.54) is 5.56 Å². The molecular formula is C17H19NO2. The van der Waals surface area contributed by atoms with E-state index in [0.717, 1.165) is 22.6 Å². The summed E-state index contributed by atoms with van der Waals surface area (Å²) in [4.78, 5) is 12.3. The summed E-state index contributed by atoms with van der Waals surface area (Å²) in [5.41, 5.74) is 4.77. The van der Waals surface area contributed by atoms with Gasteiger partial charge in [0, 0.05) is 11.3 Å². The van der Waals surface area contributed by atoms with Crippen LogP contribution in [0.2, 0.25) is 0 Å². The molecule has 0 saturated heterocycles. The average Bonchev–Trinajstić information content (AvgIpc) is 2.43. The molecule has 0 aromatic heterocycles. The lowest BCUT2D eigenvalue weighted by Gasteiger charge is -2.11. The third-order valence-electron chi connectivity index (χ3n) is 3.43. The quantitative estimate of drug-likeness (QED) is 0.918. The van der Waals surface area contributed by atoms with Gasteiger partial charge in [-0.15, -0.1) is 0 Å². The number of aryl methyl sites for hydroxylation is 3. The van der Waals surface area contributed by atoms with E-state index in [0.29, 0.717) is 5.56 Å². The molecule has 0 atom stereocenters. The van der Waals surface area contributed by atoms with Gasteiger partial charge in [-0.25, -0.2) is 0 Å². The van der Waals surface area contributed by atoms with Crippen LogP contribution in [0.5, 0.6) is 5.75 Å². The molecule has 0 heterocycles. The fourth-order valence-electron chi connectivity index (χ4n) is 2.08. The van der Waals surface area contributed by atoms with Crippen LogP contribution in [0.3, 0.4) is 0 Å². The zero-order valence-corrected chi connectivity index (χ0v) is 12.3. The Hall–Kier alpha value is -2.29. The smallest absolute Gasteiger partial charge is 0.255 e. The standard InChI is InChI=1S/C17H19NO2/c1-11-9-13(3)16(10-12(11)2)17(19)18-14-5-7-15(20-4)8-6-14/h5-10H,1-4H3,(H,18,19). The van der Waals surface area contributed by atoms with Gasteiger partial charge in [-0.1, -0.05) is 6.07 Å². The fraction of sp³-hybridized carbons (Fsp3) is 0.235. The van der Waals surface area contributed by atoms with Crippen LogP contribution in [0.15, 0.2) is 36.4 Å². The molecule has 0 bridgehead atoms. The summed E-state index contributed by atoms with van der Waals surface area (Å²) in [6, 6.07) is 11.3. The Bertz CT molecular complexity index is 630. The zero-order valence-electron chi connectivity index (χ0n) is 12.3. The Morgan fingerprint density at radius 1 is 0.950 bits per heavy atom. The van der Waals surface area contributed by atoms with Crippen molar-refractivity contribution < 1.29 is 9.53 Å². The SMILES string of the molecule is COc1ccc(NC(=O)c2cc(C)c(C)cc2C)cc1. The number of hydrogen-bond acceptors (Lipinski definition) is 2. The number of nitrogens with one attached hydrogen (secondary N) is 1. The Labute approximate surface area is 119 Å². The van der Waals surface area contributed by atoms with Crippen LogP contribution in [-0.4, -0.2) is 13.0 Å². The van der Waals surface area contributed by atoms with Gasteiger partial charge in [-0.2, -0.15) is 0 Å². The van der Waals surface area contributed by atoms with E-state index >= 15 is 0 Å². The van der Waals surface area contributed by atoms with Crippen LogP contribution in [0.4, 0.5) is 5.69 Å². The van der Waals surface area contributed by atoms with Crippen molar-refractivity contribution in [1.82, 2.24) is 0 Å². The summed E-state index contributed by atoms with van der Waals surface area (Å²) in [6.45, 7) is 6.02. The van der Waals surface area contributed by atoms with Crippen molar-refractivity contribution in [1.29, 1.82) is 0 Å². The van der Waals surface area contributed by atoms with Gasteiger partial charge in [0.05, 0.1) is 7.11 Å². The van der Waals surface area contributed by atoms with Crippen LogP contribution in [0, 0.1) is 20.8 Å². The summed E-state index contributed by atoms with van der Waals surface area (Å²) in [7, 11) is 1.62. The minimum absolute atomic E-state index is 0.0873. The third kappa shape index (κ3) is 2.99. The molecule has 20 heavy (non-hydrogen) atoms. The molecule has 3 nitrogen and oxygen atoms in total. The molecule has 2 aromatic rings. The minimum Gasteiger partial charge on any atom is -0.497 e. The lowest BCUT2D eigenvalue weighted by Crippen LogP contribution is -2.13. The first-order valence-corrected chi connectivity index (χ1v) is 6.54. The summed E-state index contributed by atoms with van der Waals surface area (Å²) in [6.07, 6.45) is 0. The van der Waals surface area contributed by atoms with Gasteiger partial charge in [-0.05, 0) is 67.8 Å². The van der Waals surface area contributed by atoms with Crippen LogP contribution in [0.1, 0.15) is 27.0 Å². The van der Waals surface area contributed by atoms with Gasteiger partial charge >= 0.3 is 0 Å². The van der Waals surface area contributed by atoms with Crippen molar-refractivity contribution in [2.24, 2.45) is 0 Å². The van der Waals surface area contributed by atoms with E-state index < -0.39 is 0 Å². The topological polar surface area (TPSA) is 38.3 Å². The van der Waals surface area contributed by atoms with Crippen molar-refractivity contribution in [2.75, 3.05) is 12.4 Å². The minimum atomic E-state index is -0.0873. The van der Waals surface area contributed by atoms with E-state index in [1.54, 1.807) is 7.11 Å². The summed E-state index contributed by atoms with van der Waals surface area (Å²) < 4.78 is 5.09. The molecule has 3 heteroatoms. The Kier molecular flexibility index (Phi) is 4.08. The van der Waals surface area contributed by atoms with Crippen LogP contribution in [-0.2, 0) is 0 Å². The molecule has 0 aliphatic rings. The summed E-state index contributed by atoms with van der Waals surface area (Å²) >= 11 is 0. The van der Waals surface area contributed by atoms with Gasteiger partial charge in [0.2, 0.25) is 0 Å². The molecule has 0 aliphatic carbocycles. The molecule has 0 aliphatic heterocycles. The number of rotatable bonds is 3. The first-order valence-electron chi connectivity index (χ1n) is 6.54. The predicted molar refractivity (Wildman–Crippen MR) is 81.6 cm³/mol. The number of methoxy groups -OCH3 is 1. The Morgan fingerprint density at radius 2 is 1.55 bits per heavy atom. The number of carbonyl (C=O) groups is 1. The fourth-order valence-corrected chi connectivity index (χ4v) is 2.08. The first-order chi connectivity index (χ1) is 9.51. The molecule has 0 saturated carbocycles. The number of carbonyl (C=O) groups excluding carboxylic acids is 1. The second kappa shape index (κ2) is 5.78. The van der Waals surface area contributed by atoms with Gasteiger partial charge < -0.3 is 10.1 Å². The van der Waals surface area contributed by atoms with E-state index in [2.05, 4.69) is 5.32 Å². The second-order valence-corrected chi connectivity index (χ2v) is 4.93. The predicted octanol–water partition coefficient (Wildman–Crippen LogP) is 3.87. The van der Waals surface area contributed by atoms with Crippen molar-refractivity contribution in [2.45, 2.75) is 20.8 Å². The molecule has 104 valence electrons. The second-order valence-electron chi connectivity index (χ2n) is 4.93.